The van der Waals surface area contributed by atoms with Crippen LogP contribution in [0, 0.1) is 0 Å². The first kappa shape index (κ1) is 15.0. The van der Waals surface area contributed by atoms with Gasteiger partial charge < -0.3 is 15.5 Å². The summed E-state index contributed by atoms with van der Waals surface area (Å²) in [5.74, 6) is -2.33. The van der Waals surface area contributed by atoms with Crippen LogP contribution in [0.5, 0.6) is 0 Å². The molecule has 0 spiro atoms. The molecule has 0 radical (unpaired) electrons. The maximum atomic E-state index is 10.9. The highest BCUT2D eigenvalue weighted by atomic mass is 16.4. The van der Waals surface area contributed by atoms with Crippen LogP contribution in [0.25, 0.3) is 0 Å². The summed E-state index contributed by atoms with van der Waals surface area (Å²) in [6.45, 7) is 6.25. The molecule has 0 amide bonds. The van der Waals surface area contributed by atoms with Crippen LogP contribution >= 0.6 is 0 Å². The first-order valence-corrected chi connectivity index (χ1v) is 6.02. The zero-order valence-corrected chi connectivity index (χ0v) is 11.3. The molecule has 0 aliphatic rings. The lowest BCUT2D eigenvalue weighted by Gasteiger charge is -2.20. The molecule has 1 atom stereocenters. The van der Waals surface area contributed by atoms with E-state index < -0.39 is 24.4 Å². The van der Waals surface area contributed by atoms with Crippen LogP contribution in [-0.2, 0) is 15.0 Å². The van der Waals surface area contributed by atoms with Gasteiger partial charge in [0.2, 0.25) is 0 Å². The summed E-state index contributed by atoms with van der Waals surface area (Å²) in [7, 11) is 0. The summed E-state index contributed by atoms with van der Waals surface area (Å²) in [5, 5.41) is 20.3. The number of rotatable bonds is 5. The van der Waals surface area contributed by atoms with Crippen LogP contribution in [0.2, 0.25) is 0 Å². The molecule has 0 heterocycles. The van der Waals surface area contributed by atoms with Crippen molar-refractivity contribution < 1.29 is 19.8 Å². The van der Waals surface area contributed by atoms with Crippen molar-refractivity contribution in [1.82, 2.24) is 0 Å². The van der Waals surface area contributed by atoms with Crippen molar-refractivity contribution in [3.8, 4) is 0 Å². The second-order valence-corrected chi connectivity index (χ2v) is 5.46. The Hall–Kier alpha value is -2.04. The van der Waals surface area contributed by atoms with E-state index >= 15 is 0 Å². The van der Waals surface area contributed by atoms with Crippen LogP contribution in [0.1, 0.15) is 32.8 Å². The summed E-state index contributed by atoms with van der Waals surface area (Å²) in [5.41, 5.74) is 1.75. The second-order valence-electron chi connectivity index (χ2n) is 5.46. The molecule has 19 heavy (non-hydrogen) atoms. The number of hydrogen-bond acceptors (Lipinski definition) is 3. The van der Waals surface area contributed by atoms with Gasteiger partial charge in [0.15, 0.2) is 0 Å². The zero-order valence-electron chi connectivity index (χ0n) is 11.3. The van der Waals surface area contributed by atoms with Crippen molar-refractivity contribution in [3.63, 3.8) is 0 Å². The molecule has 3 N–H and O–H groups in total. The second kappa shape index (κ2) is 5.73. The van der Waals surface area contributed by atoms with Gasteiger partial charge in [0.05, 0.1) is 6.42 Å². The lowest BCUT2D eigenvalue weighted by atomic mass is 9.87. The molecule has 0 saturated heterocycles. The minimum absolute atomic E-state index is 0.0196. The van der Waals surface area contributed by atoms with E-state index in [0.29, 0.717) is 5.69 Å². The van der Waals surface area contributed by atoms with E-state index in [1.54, 1.807) is 12.1 Å². The molecule has 1 aromatic carbocycles. The van der Waals surface area contributed by atoms with Crippen LogP contribution in [0.15, 0.2) is 24.3 Å². The summed E-state index contributed by atoms with van der Waals surface area (Å²) in [4.78, 5) is 21.5. The van der Waals surface area contributed by atoms with Crippen molar-refractivity contribution >= 4 is 17.6 Å². The van der Waals surface area contributed by atoms with Crippen LogP contribution in [0.3, 0.4) is 0 Å². The molecular weight excluding hydrogens is 246 g/mol. The SMILES string of the molecule is CC(C)(C)c1ccc(NC(CC(=O)O)C(=O)O)cc1. The Morgan fingerprint density at radius 3 is 2.05 bits per heavy atom. The Morgan fingerprint density at radius 1 is 1.16 bits per heavy atom. The zero-order chi connectivity index (χ0) is 14.6. The van der Waals surface area contributed by atoms with Gasteiger partial charge in [-0.05, 0) is 23.1 Å². The molecule has 0 bridgehead atoms. The third-order valence-electron chi connectivity index (χ3n) is 2.77. The number of hydrogen-bond donors (Lipinski definition) is 3. The quantitative estimate of drug-likeness (QED) is 0.760. The maximum Gasteiger partial charge on any atom is 0.326 e. The highest BCUT2D eigenvalue weighted by molar-refractivity contribution is 5.83. The molecule has 0 fully saturated rings. The number of benzene rings is 1. The number of carbonyl (C=O) groups is 2. The molecule has 1 unspecified atom stereocenters. The topological polar surface area (TPSA) is 86.6 Å². The van der Waals surface area contributed by atoms with E-state index in [-0.39, 0.29) is 5.41 Å². The third kappa shape index (κ3) is 4.62. The number of aliphatic carboxylic acids is 2. The number of carboxylic acid groups (broad SMARTS) is 2. The minimum Gasteiger partial charge on any atom is -0.481 e. The number of anilines is 1. The van der Waals surface area contributed by atoms with Crippen molar-refractivity contribution in [2.24, 2.45) is 0 Å². The average molecular weight is 265 g/mol. The van der Waals surface area contributed by atoms with Gasteiger partial charge in [0.25, 0.3) is 0 Å². The van der Waals surface area contributed by atoms with Gasteiger partial charge in [0.1, 0.15) is 6.04 Å². The third-order valence-corrected chi connectivity index (χ3v) is 2.77. The smallest absolute Gasteiger partial charge is 0.326 e. The van der Waals surface area contributed by atoms with E-state index in [9.17, 15) is 9.59 Å². The Labute approximate surface area is 112 Å². The normalized spacial score (nSPS) is 12.8. The molecule has 0 aliphatic carbocycles. The Morgan fingerprint density at radius 2 is 1.68 bits per heavy atom. The largest absolute Gasteiger partial charge is 0.481 e. The fourth-order valence-electron chi connectivity index (χ4n) is 1.64. The molecule has 1 rings (SSSR count). The Balaban J connectivity index is 2.81. The molecular formula is C14H19NO4. The summed E-state index contributed by atoms with van der Waals surface area (Å²) in [6, 6.07) is 6.21. The highest BCUT2D eigenvalue weighted by Gasteiger charge is 2.21. The minimum atomic E-state index is -1.18. The first-order chi connectivity index (χ1) is 8.70. The van der Waals surface area contributed by atoms with Crippen LogP contribution in [0.4, 0.5) is 5.69 Å². The molecule has 5 nitrogen and oxygen atoms in total. The van der Waals surface area contributed by atoms with Gasteiger partial charge in [-0.3, -0.25) is 4.79 Å². The van der Waals surface area contributed by atoms with Gasteiger partial charge in [-0.25, -0.2) is 4.79 Å². The summed E-state index contributed by atoms with van der Waals surface area (Å²) < 4.78 is 0. The summed E-state index contributed by atoms with van der Waals surface area (Å²) in [6.07, 6.45) is -0.462. The van der Waals surface area contributed by atoms with Crippen molar-refractivity contribution in [2.45, 2.75) is 38.6 Å². The van der Waals surface area contributed by atoms with Crippen LogP contribution < -0.4 is 5.32 Å². The fraction of sp³-hybridized carbons (Fsp3) is 0.429. The fourth-order valence-corrected chi connectivity index (χ4v) is 1.64. The van der Waals surface area contributed by atoms with E-state index in [1.165, 1.54) is 0 Å². The molecule has 5 heteroatoms. The van der Waals surface area contributed by atoms with E-state index in [1.807, 2.05) is 12.1 Å². The van der Waals surface area contributed by atoms with Crippen LogP contribution in [-0.4, -0.2) is 28.2 Å². The molecule has 0 aromatic heterocycles. The predicted molar refractivity (Wildman–Crippen MR) is 72.4 cm³/mol. The lowest BCUT2D eigenvalue weighted by molar-refractivity contribution is -0.144. The first-order valence-electron chi connectivity index (χ1n) is 6.02. The van der Waals surface area contributed by atoms with Gasteiger partial charge in [0, 0.05) is 5.69 Å². The maximum absolute atomic E-state index is 10.9. The summed E-state index contributed by atoms with van der Waals surface area (Å²) >= 11 is 0. The highest BCUT2D eigenvalue weighted by Crippen LogP contribution is 2.23. The van der Waals surface area contributed by atoms with Gasteiger partial charge in [-0.1, -0.05) is 32.9 Å². The number of nitrogens with one attached hydrogen (secondary N) is 1. The number of carboxylic acids is 2. The van der Waals surface area contributed by atoms with Gasteiger partial charge in [-0.15, -0.1) is 0 Å². The molecule has 0 aliphatic heterocycles. The average Bonchev–Trinajstić information content (AvgIpc) is 2.27. The molecule has 104 valence electrons. The Bertz CT molecular complexity index is 459. The van der Waals surface area contributed by atoms with E-state index in [4.69, 9.17) is 10.2 Å². The van der Waals surface area contributed by atoms with Crippen molar-refractivity contribution in [1.29, 1.82) is 0 Å². The monoisotopic (exact) mass is 265 g/mol. The predicted octanol–water partition coefficient (Wildman–Crippen LogP) is 2.32. The van der Waals surface area contributed by atoms with E-state index in [2.05, 4.69) is 26.1 Å². The standard InChI is InChI=1S/C14H19NO4/c1-14(2,3)9-4-6-10(7-5-9)15-11(13(18)19)8-12(16)17/h4-7,11,15H,8H2,1-3H3,(H,16,17)(H,18,19). The van der Waals surface area contributed by atoms with Gasteiger partial charge >= 0.3 is 11.9 Å². The van der Waals surface area contributed by atoms with Crippen molar-refractivity contribution in [3.05, 3.63) is 29.8 Å². The molecule has 0 saturated carbocycles. The Kier molecular flexibility index (Phi) is 4.53. The lowest BCUT2D eigenvalue weighted by Crippen LogP contribution is -2.31. The molecule has 1 aromatic rings. The van der Waals surface area contributed by atoms with Gasteiger partial charge in [-0.2, -0.15) is 0 Å². The van der Waals surface area contributed by atoms with Crippen molar-refractivity contribution in [2.75, 3.05) is 5.32 Å². The van der Waals surface area contributed by atoms with E-state index in [0.717, 1.165) is 5.56 Å².